The van der Waals surface area contributed by atoms with Crippen molar-refractivity contribution < 1.29 is 13.2 Å². The number of terminal acetylenes is 1. The van der Waals surface area contributed by atoms with Gasteiger partial charge in [-0.05, 0) is 36.4 Å². The molecule has 9 heteroatoms. The van der Waals surface area contributed by atoms with E-state index in [1.165, 1.54) is 36.4 Å². The van der Waals surface area contributed by atoms with Gasteiger partial charge in [0, 0.05) is 11.3 Å². The van der Waals surface area contributed by atoms with Crippen molar-refractivity contribution in [2.45, 2.75) is 4.90 Å². The fourth-order valence-corrected chi connectivity index (χ4v) is 3.29. The van der Waals surface area contributed by atoms with Crippen LogP contribution in [0.2, 0.25) is 10.0 Å². The predicted octanol–water partition coefficient (Wildman–Crippen LogP) is 2.74. The zero-order valence-electron chi connectivity index (χ0n) is 12.7. The van der Waals surface area contributed by atoms with Gasteiger partial charge in [0.25, 0.3) is 5.91 Å². The second kappa shape index (κ2) is 7.76. The molecule has 0 spiro atoms. The number of carbonyl (C=O) groups is 1. The Kier molecular flexibility index (Phi) is 5.93. The summed E-state index contributed by atoms with van der Waals surface area (Å²) < 4.78 is 26.1. The normalized spacial score (nSPS) is 10.9. The lowest BCUT2D eigenvalue weighted by atomic mass is 10.2. The van der Waals surface area contributed by atoms with Gasteiger partial charge >= 0.3 is 0 Å². The minimum atomic E-state index is -3.71. The zero-order valence-corrected chi connectivity index (χ0v) is 15.0. The molecule has 4 N–H and O–H groups in total. The average molecular weight is 398 g/mol. The van der Waals surface area contributed by atoms with Gasteiger partial charge in [0.05, 0.1) is 27.2 Å². The second-order valence-corrected chi connectivity index (χ2v) is 7.44. The molecule has 25 heavy (non-hydrogen) atoms. The lowest BCUT2D eigenvalue weighted by molar-refractivity contribution is 0.102. The van der Waals surface area contributed by atoms with Crippen LogP contribution in [0, 0.1) is 12.3 Å². The van der Waals surface area contributed by atoms with Crippen molar-refractivity contribution in [1.29, 1.82) is 0 Å². The van der Waals surface area contributed by atoms with Gasteiger partial charge in [-0.2, -0.15) is 4.72 Å². The molecule has 0 aliphatic rings. The van der Waals surface area contributed by atoms with Gasteiger partial charge in [-0.1, -0.05) is 29.1 Å². The number of hydrogen-bond donors (Lipinski definition) is 3. The topological polar surface area (TPSA) is 101 Å². The smallest absolute Gasteiger partial charge is 0.255 e. The van der Waals surface area contributed by atoms with Crippen molar-refractivity contribution in [2.75, 3.05) is 17.6 Å². The van der Waals surface area contributed by atoms with E-state index in [-0.39, 0.29) is 32.7 Å². The van der Waals surface area contributed by atoms with Gasteiger partial charge < -0.3 is 11.1 Å². The Morgan fingerprint density at radius 3 is 2.24 bits per heavy atom. The van der Waals surface area contributed by atoms with Crippen LogP contribution >= 0.6 is 23.2 Å². The minimum Gasteiger partial charge on any atom is -0.396 e. The van der Waals surface area contributed by atoms with E-state index in [1.807, 2.05) is 0 Å². The summed E-state index contributed by atoms with van der Waals surface area (Å²) in [7, 11) is -3.71. The molecule has 0 aromatic heterocycles. The number of carbonyl (C=O) groups excluding carboxylic acids is 1. The van der Waals surface area contributed by atoms with Crippen LogP contribution in [-0.4, -0.2) is 20.9 Å². The molecule has 0 saturated heterocycles. The monoisotopic (exact) mass is 397 g/mol. The van der Waals surface area contributed by atoms with Gasteiger partial charge in [-0.3, -0.25) is 4.79 Å². The number of amides is 1. The molecule has 0 fully saturated rings. The number of anilines is 2. The van der Waals surface area contributed by atoms with Gasteiger partial charge in [-0.25, -0.2) is 8.42 Å². The number of nitrogens with two attached hydrogens (primary N) is 1. The number of halogens is 2. The van der Waals surface area contributed by atoms with Crippen molar-refractivity contribution in [3.05, 3.63) is 52.0 Å². The summed E-state index contributed by atoms with van der Waals surface area (Å²) in [6, 6.07) is 8.28. The maximum atomic E-state index is 12.2. The third-order valence-corrected chi connectivity index (χ3v) is 5.17. The number of benzene rings is 2. The molecule has 0 heterocycles. The molecule has 130 valence electrons. The van der Waals surface area contributed by atoms with E-state index in [0.29, 0.717) is 5.69 Å². The van der Waals surface area contributed by atoms with Crippen LogP contribution in [0.15, 0.2) is 41.3 Å². The molecule has 0 unspecified atom stereocenters. The van der Waals surface area contributed by atoms with Crippen molar-refractivity contribution in [3.8, 4) is 12.3 Å². The van der Waals surface area contributed by atoms with Crippen LogP contribution in [0.3, 0.4) is 0 Å². The Bertz CT molecular complexity index is 929. The van der Waals surface area contributed by atoms with E-state index in [9.17, 15) is 13.2 Å². The number of nitrogen functional groups attached to an aromatic ring is 1. The Morgan fingerprint density at radius 1 is 1.16 bits per heavy atom. The summed E-state index contributed by atoms with van der Waals surface area (Å²) in [6.07, 6.45) is 5.02. The number of rotatable bonds is 5. The van der Waals surface area contributed by atoms with Crippen LogP contribution in [0.25, 0.3) is 0 Å². The lowest BCUT2D eigenvalue weighted by Crippen LogP contribution is -2.24. The van der Waals surface area contributed by atoms with Crippen molar-refractivity contribution in [1.82, 2.24) is 4.72 Å². The van der Waals surface area contributed by atoms with Gasteiger partial charge in [0.2, 0.25) is 10.0 Å². The molecule has 0 aliphatic carbocycles. The SMILES string of the molecule is C#CCNS(=O)(=O)c1ccc(C(=O)Nc2cc(Cl)c(N)c(Cl)c2)cc1. The molecular formula is C16H13Cl2N3O3S. The van der Waals surface area contributed by atoms with Crippen LogP contribution in [0.5, 0.6) is 0 Å². The third kappa shape index (κ3) is 4.65. The molecule has 0 radical (unpaired) electrons. The summed E-state index contributed by atoms with van der Waals surface area (Å²) in [5.41, 5.74) is 6.46. The molecule has 0 saturated carbocycles. The summed E-state index contributed by atoms with van der Waals surface area (Å²) >= 11 is 11.8. The van der Waals surface area contributed by atoms with E-state index in [0.717, 1.165) is 0 Å². The molecule has 6 nitrogen and oxygen atoms in total. The van der Waals surface area contributed by atoms with Crippen molar-refractivity contribution in [3.63, 3.8) is 0 Å². The number of sulfonamides is 1. The van der Waals surface area contributed by atoms with Crippen LogP contribution in [0.4, 0.5) is 11.4 Å². The van der Waals surface area contributed by atoms with E-state index in [2.05, 4.69) is 16.0 Å². The van der Waals surface area contributed by atoms with E-state index >= 15 is 0 Å². The highest BCUT2D eigenvalue weighted by molar-refractivity contribution is 7.89. The van der Waals surface area contributed by atoms with Gasteiger partial charge in [0.15, 0.2) is 0 Å². The molecule has 1 amide bonds. The molecule has 2 aromatic rings. The van der Waals surface area contributed by atoms with E-state index < -0.39 is 15.9 Å². The van der Waals surface area contributed by atoms with E-state index in [4.69, 9.17) is 35.4 Å². The molecule has 0 aliphatic heterocycles. The van der Waals surface area contributed by atoms with Crippen molar-refractivity contribution in [2.24, 2.45) is 0 Å². The first-order chi connectivity index (χ1) is 11.7. The minimum absolute atomic E-state index is 0.00197. The number of hydrogen-bond acceptors (Lipinski definition) is 4. The number of nitrogens with one attached hydrogen (secondary N) is 2. The standard InChI is InChI=1S/C16H13Cl2N3O3S/c1-2-7-20-25(23,24)12-5-3-10(4-6-12)16(22)21-11-8-13(17)15(19)14(18)9-11/h1,3-6,8-9,20H,7,19H2,(H,21,22). The predicted molar refractivity (Wildman–Crippen MR) is 99.3 cm³/mol. The van der Waals surface area contributed by atoms with Crippen LogP contribution in [-0.2, 0) is 10.0 Å². The Labute approximate surface area is 155 Å². The fourth-order valence-electron chi connectivity index (χ4n) is 1.87. The Balaban J connectivity index is 2.17. The van der Waals surface area contributed by atoms with Crippen molar-refractivity contribution >= 4 is 50.5 Å². The largest absolute Gasteiger partial charge is 0.396 e. The summed E-state index contributed by atoms with van der Waals surface area (Å²) in [6.45, 7) is -0.122. The Hall–Kier alpha value is -2.24. The van der Waals surface area contributed by atoms with Gasteiger partial charge in [0.1, 0.15) is 0 Å². The molecule has 2 rings (SSSR count). The summed E-state index contributed by atoms with van der Waals surface area (Å²) in [5.74, 6) is 1.72. The van der Waals surface area contributed by atoms with Gasteiger partial charge in [-0.15, -0.1) is 6.42 Å². The zero-order chi connectivity index (χ0) is 18.6. The quantitative estimate of drug-likeness (QED) is 0.533. The highest BCUT2D eigenvalue weighted by Gasteiger charge is 2.14. The average Bonchev–Trinajstić information content (AvgIpc) is 2.58. The third-order valence-electron chi connectivity index (χ3n) is 3.13. The summed E-state index contributed by atoms with van der Waals surface area (Å²) in [4.78, 5) is 12.2. The summed E-state index contributed by atoms with van der Waals surface area (Å²) in [5, 5.41) is 3.03. The van der Waals surface area contributed by atoms with Crippen LogP contribution in [0.1, 0.15) is 10.4 Å². The highest BCUT2D eigenvalue weighted by Crippen LogP contribution is 2.31. The Morgan fingerprint density at radius 2 is 1.72 bits per heavy atom. The fraction of sp³-hybridized carbons (Fsp3) is 0.0625. The van der Waals surface area contributed by atoms with E-state index in [1.54, 1.807) is 0 Å². The first-order valence-corrected chi connectivity index (χ1v) is 9.07. The molecule has 0 bridgehead atoms. The lowest BCUT2D eigenvalue weighted by Gasteiger charge is -2.09. The maximum Gasteiger partial charge on any atom is 0.255 e. The molecular weight excluding hydrogens is 385 g/mol. The maximum absolute atomic E-state index is 12.2. The first-order valence-electron chi connectivity index (χ1n) is 6.83. The molecule has 0 atom stereocenters. The van der Waals surface area contributed by atoms with Crippen LogP contribution < -0.4 is 15.8 Å². The first kappa shape index (κ1) is 19.1. The highest BCUT2D eigenvalue weighted by atomic mass is 35.5. The molecule has 2 aromatic carbocycles. The second-order valence-electron chi connectivity index (χ2n) is 4.86.